The van der Waals surface area contributed by atoms with E-state index in [2.05, 4.69) is 34.5 Å². The highest BCUT2D eigenvalue weighted by atomic mass is 35.5. The number of nitrogens with zero attached hydrogens (tertiary/aromatic N) is 3. The smallest absolute Gasteiger partial charge is 0.277 e. The zero-order valence-electron chi connectivity index (χ0n) is 16.8. The number of thioether (sulfide) groups is 1. The van der Waals surface area contributed by atoms with E-state index in [0.717, 1.165) is 37.9 Å². The van der Waals surface area contributed by atoms with Gasteiger partial charge in [0, 0.05) is 23.7 Å². The summed E-state index contributed by atoms with van der Waals surface area (Å²) in [6.45, 7) is 3.50. The zero-order valence-corrected chi connectivity index (χ0v) is 18.4. The second-order valence-electron chi connectivity index (χ2n) is 7.60. The van der Waals surface area contributed by atoms with E-state index in [-0.39, 0.29) is 11.2 Å². The molecule has 3 aromatic rings. The number of halogens is 1. The molecule has 2 heterocycles. The van der Waals surface area contributed by atoms with Crippen LogP contribution in [0.4, 0.5) is 0 Å². The number of benzene rings is 2. The largest absolute Gasteiger partial charge is 0.411 e. The van der Waals surface area contributed by atoms with Crippen molar-refractivity contribution in [2.75, 3.05) is 13.1 Å². The average molecular weight is 442 g/mol. The molecule has 0 saturated carbocycles. The summed E-state index contributed by atoms with van der Waals surface area (Å²) in [7, 11) is 0. The van der Waals surface area contributed by atoms with E-state index in [9.17, 15) is 4.79 Å². The van der Waals surface area contributed by atoms with E-state index < -0.39 is 0 Å². The molecule has 0 aliphatic carbocycles. The monoisotopic (exact) mass is 441 g/mol. The molecule has 1 atom stereocenters. The second kappa shape index (κ2) is 9.67. The van der Waals surface area contributed by atoms with Gasteiger partial charge in [-0.1, -0.05) is 59.8 Å². The average Bonchev–Trinajstić information content (AvgIpc) is 3.23. The summed E-state index contributed by atoms with van der Waals surface area (Å²) < 4.78 is 5.73. The lowest BCUT2D eigenvalue weighted by molar-refractivity contribution is -0.131. The number of amides is 1. The molecule has 156 valence electrons. The molecule has 0 radical (unpaired) electrons. The Kier molecular flexibility index (Phi) is 6.75. The zero-order chi connectivity index (χ0) is 20.9. The number of aromatic nitrogens is 2. The van der Waals surface area contributed by atoms with Crippen molar-refractivity contribution in [3.63, 3.8) is 0 Å². The highest BCUT2D eigenvalue weighted by molar-refractivity contribution is 8.00. The predicted molar refractivity (Wildman–Crippen MR) is 120 cm³/mol. The fourth-order valence-electron chi connectivity index (χ4n) is 3.76. The first-order valence-electron chi connectivity index (χ1n) is 10.2. The van der Waals surface area contributed by atoms with Crippen LogP contribution < -0.4 is 0 Å². The van der Waals surface area contributed by atoms with Gasteiger partial charge in [-0.05, 0) is 55.9 Å². The van der Waals surface area contributed by atoms with E-state index in [1.807, 2.05) is 30.0 Å². The molecule has 7 heteroatoms. The summed E-state index contributed by atoms with van der Waals surface area (Å²) in [5, 5.41) is 8.89. The van der Waals surface area contributed by atoms with Gasteiger partial charge in [0.2, 0.25) is 11.8 Å². The number of piperidine rings is 1. The van der Waals surface area contributed by atoms with Gasteiger partial charge < -0.3 is 9.32 Å². The van der Waals surface area contributed by atoms with Crippen LogP contribution in [0, 0.1) is 5.92 Å². The molecule has 0 N–H and O–H groups in total. The van der Waals surface area contributed by atoms with E-state index in [1.54, 1.807) is 12.1 Å². The Morgan fingerprint density at radius 3 is 2.67 bits per heavy atom. The van der Waals surface area contributed by atoms with Crippen LogP contribution in [0.2, 0.25) is 5.02 Å². The molecule has 0 bridgehead atoms. The fraction of sp³-hybridized carbons (Fsp3) is 0.348. The maximum Gasteiger partial charge on any atom is 0.277 e. The summed E-state index contributed by atoms with van der Waals surface area (Å²) in [5.74, 6) is 1.16. The fourth-order valence-corrected chi connectivity index (χ4v) is 4.72. The Balaban J connectivity index is 1.29. The molecule has 1 aliphatic heterocycles. The molecule has 2 aromatic carbocycles. The van der Waals surface area contributed by atoms with Crippen molar-refractivity contribution in [1.82, 2.24) is 15.1 Å². The van der Waals surface area contributed by atoms with Crippen LogP contribution in [0.5, 0.6) is 0 Å². The molecule has 1 aliphatic rings. The quantitative estimate of drug-likeness (QED) is 0.482. The van der Waals surface area contributed by atoms with Crippen molar-refractivity contribution in [2.45, 2.75) is 36.7 Å². The first-order valence-corrected chi connectivity index (χ1v) is 11.4. The molecule has 30 heavy (non-hydrogen) atoms. The lowest BCUT2D eigenvalue weighted by Gasteiger charge is -2.33. The lowest BCUT2D eigenvalue weighted by Crippen LogP contribution is -2.42. The number of hydrogen-bond donors (Lipinski definition) is 0. The van der Waals surface area contributed by atoms with Gasteiger partial charge in [-0.15, -0.1) is 10.2 Å². The summed E-state index contributed by atoms with van der Waals surface area (Å²) >= 11 is 7.33. The van der Waals surface area contributed by atoms with Crippen LogP contribution in [0.1, 0.15) is 25.3 Å². The normalized spacial score (nSPS) is 15.9. The third kappa shape index (κ3) is 5.24. The Bertz CT molecular complexity index is 987. The summed E-state index contributed by atoms with van der Waals surface area (Å²) in [5.41, 5.74) is 2.14. The summed E-state index contributed by atoms with van der Waals surface area (Å²) in [6.07, 6.45) is 3.16. The van der Waals surface area contributed by atoms with Crippen molar-refractivity contribution >= 4 is 29.3 Å². The molecule has 1 aromatic heterocycles. The maximum absolute atomic E-state index is 12.9. The van der Waals surface area contributed by atoms with Gasteiger partial charge in [0.15, 0.2) is 0 Å². The van der Waals surface area contributed by atoms with Crippen LogP contribution in [0.25, 0.3) is 11.5 Å². The molecule has 0 spiro atoms. The van der Waals surface area contributed by atoms with E-state index in [4.69, 9.17) is 16.0 Å². The third-order valence-corrected chi connectivity index (χ3v) is 6.55. The number of likely N-dealkylation sites (tertiary alicyclic amines) is 1. The van der Waals surface area contributed by atoms with Crippen molar-refractivity contribution in [2.24, 2.45) is 5.92 Å². The van der Waals surface area contributed by atoms with E-state index in [1.165, 1.54) is 17.3 Å². The highest BCUT2D eigenvalue weighted by Gasteiger charge is 2.28. The predicted octanol–water partition coefficient (Wildman–Crippen LogP) is 5.35. The van der Waals surface area contributed by atoms with Crippen LogP contribution in [0.15, 0.2) is 64.2 Å². The Labute approximate surface area is 185 Å². The SMILES string of the molecule is CC(Sc1nnc(-c2cccc(Cl)c2)o1)C(=O)N1CCC(Cc2ccccc2)CC1. The summed E-state index contributed by atoms with van der Waals surface area (Å²) in [6, 6.07) is 17.8. The Morgan fingerprint density at radius 1 is 1.17 bits per heavy atom. The van der Waals surface area contributed by atoms with Gasteiger partial charge in [0.1, 0.15) is 0 Å². The van der Waals surface area contributed by atoms with Crippen molar-refractivity contribution < 1.29 is 9.21 Å². The van der Waals surface area contributed by atoms with Crippen LogP contribution >= 0.6 is 23.4 Å². The van der Waals surface area contributed by atoms with E-state index in [0.29, 0.717) is 22.1 Å². The molecule has 1 fully saturated rings. The van der Waals surface area contributed by atoms with Crippen molar-refractivity contribution in [1.29, 1.82) is 0 Å². The molecular formula is C23H24ClN3O2S. The van der Waals surface area contributed by atoms with Gasteiger partial charge in [-0.25, -0.2) is 0 Å². The Morgan fingerprint density at radius 2 is 1.93 bits per heavy atom. The number of hydrogen-bond acceptors (Lipinski definition) is 5. The minimum Gasteiger partial charge on any atom is -0.411 e. The first kappa shape index (κ1) is 20.9. The van der Waals surface area contributed by atoms with Crippen molar-refractivity contribution in [3.8, 4) is 11.5 Å². The molecule has 1 unspecified atom stereocenters. The van der Waals surface area contributed by atoms with Gasteiger partial charge in [-0.3, -0.25) is 4.79 Å². The van der Waals surface area contributed by atoms with Gasteiger partial charge in [0.05, 0.1) is 5.25 Å². The summed E-state index contributed by atoms with van der Waals surface area (Å²) in [4.78, 5) is 14.9. The van der Waals surface area contributed by atoms with Gasteiger partial charge in [0.25, 0.3) is 5.22 Å². The maximum atomic E-state index is 12.9. The topological polar surface area (TPSA) is 59.2 Å². The molecule has 1 amide bonds. The molecule has 4 rings (SSSR count). The van der Waals surface area contributed by atoms with Crippen molar-refractivity contribution in [3.05, 3.63) is 65.2 Å². The highest BCUT2D eigenvalue weighted by Crippen LogP contribution is 2.29. The van der Waals surface area contributed by atoms with Crippen LogP contribution in [-0.2, 0) is 11.2 Å². The molecular weight excluding hydrogens is 418 g/mol. The van der Waals surface area contributed by atoms with Gasteiger partial charge in [-0.2, -0.15) is 0 Å². The van der Waals surface area contributed by atoms with E-state index >= 15 is 0 Å². The van der Waals surface area contributed by atoms with Crippen LogP contribution in [-0.4, -0.2) is 39.3 Å². The Hall–Kier alpha value is -2.31. The minimum atomic E-state index is -0.275. The minimum absolute atomic E-state index is 0.126. The molecule has 1 saturated heterocycles. The number of carbonyl (C=O) groups excluding carboxylic acids is 1. The molecule has 5 nitrogen and oxygen atoms in total. The lowest BCUT2D eigenvalue weighted by atomic mass is 9.90. The van der Waals surface area contributed by atoms with Crippen LogP contribution in [0.3, 0.4) is 0 Å². The van der Waals surface area contributed by atoms with Gasteiger partial charge >= 0.3 is 0 Å². The standard InChI is InChI=1S/C23H24ClN3O2S/c1-16(30-23-26-25-21(29-23)19-8-5-9-20(24)15-19)22(28)27-12-10-18(11-13-27)14-17-6-3-2-4-7-17/h2-9,15-16,18H,10-14H2,1H3. The first-order chi connectivity index (χ1) is 14.6. The second-order valence-corrected chi connectivity index (χ2v) is 9.33. The third-order valence-electron chi connectivity index (χ3n) is 5.40. The number of rotatable bonds is 6. The number of carbonyl (C=O) groups is 1.